The number of imide groups is 1. The van der Waals surface area contributed by atoms with E-state index in [0.29, 0.717) is 25.1 Å². The van der Waals surface area contributed by atoms with Crippen LogP contribution in [-0.2, 0) is 17.6 Å². The number of phenolic OH excluding ortho intramolecular Hbond substituents is 1. The fourth-order valence-electron chi connectivity index (χ4n) is 2.90. The zero-order chi connectivity index (χ0) is 18.7. The Balaban J connectivity index is 1.53. The highest BCUT2D eigenvalue weighted by molar-refractivity contribution is 6.04. The van der Waals surface area contributed by atoms with Crippen LogP contribution in [0, 0.1) is 0 Å². The molecular formula is C18H23N5O3. The van der Waals surface area contributed by atoms with E-state index in [1.165, 1.54) is 4.90 Å². The molecule has 1 aliphatic rings. The monoisotopic (exact) mass is 357 g/mol. The van der Waals surface area contributed by atoms with Crippen molar-refractivity contribution in [3.8, 4) is 5.75 Å². The van der Waals surface area contributed by atoms with Crippen molar-refractivity contribution in [2.45, 2.75) is 45.2 Å². The summed E-state index contributed by atoms with van der Waals surface area (Å²) >= 11 is 0. The number of carbonyl (C=O) groups excluding carboxylic acids is 2. The van der Waals surface area contributed by atoms with Crippen LogP contribution in [0.5, 0.6) is 5.75 Å². The van der Waals surface area contributed by atoms with Gasteiger partial charge in [0.2, 0.25) is 0 Å². The van der Waals surface area contributed by atoms with Crippen molar-refractivity contribution in [3.63, 3.8) is 0 Å². The number of hydrogen-bond donors (Lipinski definition) is 2. The van der Waals surface area contributed by atoms with Crippen molar-refractivity contribution >= 4 is 11.9 Å². The lowest BCUT2D eigenvalue weighted by molar-refractivity contribution is -0.127. The number of nitrogens with zero attached hydrogens (tertiary/aromatic N) is 4. The third kappa shape index (κ3) is 4.01. The topological polar surface area (TPSA) is 100 Å². The zero-order valence-electron chi connectivity index (χ0n) is 14.9. The Morgan fingerprint density at radius 3 is 2.62 bits per heavy atom. The van der Waals surface area contributed by atoms with Crippen LogP contribution in [0.3, 0.4) is 0 Å². The highest BCUT2D eigenvalue weighted by Crippen LogP contribution is 2.15. The number of amides is 3. The molecule has 138 valence electrons. The summed E-state index contributed by atoms with van der Waals surface area (Å²) in [6.07, 6.45) is 3.54. The summed E-state index contributed by atoms with van der Waals surface area (Å²) in [5.41, 5.74) is 1.74. The number of benzene rings is 1. The summed E-state index contributed by atoms with van der Waals surface area (Å²) in [5.74, 6) is -0.0000999. The smallest absolute Gasteiger partial charge is 0.324 e. The van der Waals surface area contributed by atoms with Gasteiger partial charge in [-0.3, -0.25) is 9.69 Å². The SMILES string of the molecule is CC(C)n1cc(CC2NC(=O)N(CCCc3ccc(O)cc3)C2=O)nn1. The molecule has 1 aromatic heterocycles. The molecule has 3 amide bonds. The van der Waals surface area contributed by atoms with Gasteiger partial charge in [-0.05, 0) is 44.4 Å². The molecule has 0 saturated carbocycles. The van der Waals surface area contributed by atoms with Crippen LogP contribution in [0.15, 0.2) is 30.5 Å². The van der Waals surface area contributed by atoms with Crippen LogP contribution in [0.2, 0.25) is 0 Å². The van der Waals surface area contributed by atoms with Gasteiger partial charge in [0.05, 0.1) is 5.69 Å². The lowest BCUT2D eigenvalue weighted by atomic mass is 10.1. The Morgan fingerprint density at radius 2 is 1.96 bits per heavy atom. The molecule has 1 aliphatic heterocycles. The van der Waals surface area contributed by atoms with E-state index in [4.69, 9.17) is 0 Å². The quantitative estimate of drug-likeness (QED) is 0.734. The van der Waals surface area contributed by atoms with Gasteiger partial charge >= 0.3 is 6.03 Å². The van der Waals surface area contributed by atoms with Gasteiger partial charge in [-0.25, -0.2) is 9.48 Å². The third-order valence-corrected chi connectivity index (χ3v) is 4.39. The Morgan fingerprint density at radius 1 is 1.23 bits per heavy atom. The van der Waals surface area contributed by atoms with E-state index in [-0.39, 0.29) is 23.7 Å². The van der Waals surface area contributed by atoms with E-state index >= 15 is 0 Å². The number of aryl methyl sites for hydroxylation is 1. The van der Waals surface area contributed by atoms with E-state index in [2.05, 4.69) is 15.6 Å². The second kappa shape index (κ2) is 7.55. The van der Waals surface area contributed by atoms with E-state index in [0.717, 1.165) is 12.0 Å². The number of aromatic nitrogens is 3. The maximum atomic E-state index is 12.5. The van der Waals surface area contributed by atoms with Gasteiger partial charge in [0.25, 0.3) is 5.91 Å². The molecule has 0 radical (unpaired) electrons. The number of phenols is 1. The second-order valence-corrected chi connectivity index (χ2v) is 6.75. The van der Waals surface area contributed by atoms with E-state index in [1.807, 2.05) is 26.0 Å². The van der Waals surface area contributed by atoms with Crippen molar-refractivity contribution in [1.82, 2.24) is 25.2 Å². The van der Waals surface area contributed by atoms with E-state index in [1.54, 1.807) is 23.0 Å². The molecule has 1 saturated heterocycles. The standard InChI is InChI=1S/C18H23N5O3/c1-12(2)23-11-14(20-21-23)10-16-17(25)22(18(26)19-16)9-3-4-13-5-7-15(24)8-6-13/h5-8,11-12,16,24H,3-4,9-10H2,1-2H3,(H,19,26). The van der Waals surface area contributed by atoms with Crippen LogP contribution < -0.4 is 5.32 Å². The van der Waals surface area contributed by atoms with Gasteiger partial charge in [0.1, 0.15) is 11.8 Å². The molecule has 2 N–H and O–H groups in total. The molecular weight excluding hydrogens is 334 g/mol. The molecule has 3 rings (SSSR count). The first kappa shape index (κ1) is 17.9. The average molecular weight is 357 g/mol. The zero-order valence-corrected chi connectivity index (χ0v) is 14.9. The van der Waals surface area contributed by atoms with Gasteiger partial charge < -0.3 is 10.4 Å². The maximum absolute atomic E-state index is 12.5. The van der Waals surface area contributed by atoms with Gasteiger partial charge in [0, 0.05) is 25.2 Å². The summed E-state index contributed by atoms with van der Waals surface area (Å²) in [5, 5.41) is 20.1. The number of urea groups is 1. The number of hydrogen-bond acceptors (Lipinski definition) is 5. The Bertz CT molecular complexity index is 784. The number of carbonyl (C=O) groups is 2. The van der Waals surface area contributed by atoms with E-state index in [9.17, 15) is 14.7 Å². The predicted octanol–water partition coefficient (Wildman–Crippen LogP) is 1.66. The fraction of sp³-hybridized carbons (Fsp3) is 0.444. The average Bonchev–Trinajstić information content (AvgIpc) is 3.17. The van der Waals surface area contributed by atoms with Crippen molar-refractivity contribution in [2.24, 2.45) is 0 Å². The van der Waals surface area contributed by atoms with Crippen molar-refractivity contribution in [3.05, 3.63) is 41.7 Å². The lowest BCUT2D eigenvalue weighted by Gasteiger charge is -2.12. The Labute approximate surface area is 151 Å². The predicted molar refractivity (Wildman–Crippen MR) is 94.6 cm³/mol. The minimum Gasteiger partial charge on any atom is -0.508 e. The van der Waals surface area contributed by atoms with Crippen molar-refractivity contribution < 1.29 is 14.7 Å². The molecule has 8 heteroatoms. The number of nitrogens with one attached hydrogen (secondary N) is 1. The highest BCUT2D eigenvalue weighted by Gasteiger charge is 2.37. The Kier molecular flexibility index (Phi) is 5.20. The minimum absolute atomic E-state index is 0.196. The maximum Gasteiger partial charge on any atom is 0.324 e. The van der Waals surface area contributed by atoms with Crippen molar-refractivity contribution in [2.75, 3.05) is 6.54 Å². The second-order valence-electron chi connectivity index (χ2n) is 6.75. The van der Waals surface area contributed by atoms with Crippen LogP contribution >= 0.6 is 0 Å². The van der Waals surface area contributed by atoms with Gasteiger partial charge in [0.15, 0.2) is 0 Å². The molecule has 1 fully saturated rings. The molecule has 2 heterocycles. The normalized spacial score (nSPS) is 17.2. The molecule has 1 aromatic carbocycles. The van der Waals surface area contributed by atoms with Crippen LogP contribution in [0.1, 0.15) is 37.6 Å². The summed E-state index contributed by atoms with van der Waals surface area (Å²) in [6, 6.07) is 6.17. The third-order valence-electron chi connectivity index (χ3n) is 4.39. The molecule has 0 spiro atoms. The van der Waals surface area contributed by atoms with Crippen molar-refractivity contribution in [1.29, 1.82) is 0 Å². The molecule has 1 atom stereocenters. The summed E-state index contributed by atoms with van der Waals surface area (Å²) in [7, 11) is 0. The highest BCUT2D eigenvalue weighted by atomic mass is 16.3. The van der Waals surface area contributed by atoms with Gasteiger partial charge in [-0.15, -0.1) is 5.10 Å². The molecule has 26 heavy (non-hydrogen) atoms. The first-order valence-corrected chi connectivity index (χ1v) is 8.74. The lowest BCUT2D eigenvalue weighted by Crippen LogP contribution is -2.33. The minimum atomic E-state index is -0.589. The van der Waals surface area contributed by atoms with Crippen LogP contribution in [-0.4, -0.2) is 49.5 Å². The fourth-order valence-corrected chi connectivity index (χ4v) is 2.90. The molecule has 8 nitrogen and oxygen atoms in total. The van der Waals surface area contributed by atoms with Gasteiger partial charge in [-0.2, -0.15) is 0 Å². The molecule has 0 aliphatic carbocycles. The largest absolute Gasteiger partial charge is 0.508 e. The van der Waals surface area contributed by atoms with Gasteiger partial charge in [-0.1, -0.05) is 17.3 Å². The summed E-state index contributed by atoms with van der Waals surface area (Å²) in [6.45, 7) is 4.36. The first-order chi connectivity index (χ1) is 12.4. The summed E-state index contributed by atoms with van der Waals surface area (Å²) < 4.78 is 1.73. The van der Waals surface area contributed by atoms with E-state index < -0.39 is 6.04 Å². The Hall–Kier alpha value is -2.90. The number of rotatable bonds is 7. The first-order valence-electron chi connectivity index (χ1n) is 8.74. The van der Waals surface area contributed by atoms with Crippen LogP contribution in [0.4, 0.5) is 4.79 Å². The van der Waals surface area contributed by atoms with Crippen LogP contribution in [0.25, 0.3) is 0 Å². The number of aromatic hydroxyl groups is 1. The molecule has 1 unspecified atom stereocenters. The summed E-state index contributed by atoms with van der Waals surface area (Å²) in [4.78, 5) is 25.9. The molecule has 2 aromatic rings. The molecule has 0 bridgehead atoms.